The zero-order valence-corrected chi connectivity index (χ0v) is 15.3. The number of likely N-dealkylation sites (tertiary alicyclic amines) is 1. The second-order valence-electron chi connectivity index (χ2n) is 7.19. The number of hydrogen-bond donors (Lipinski definition) is 2. The highest BCUT2D eigenvalue weighted by Crippen LogP contribution is 2.24. The van der Waals surface area contributed by atoms with Gasteiger partial charge >= 0.3 is 0 Å². The minimum Gasteiger partial charge on any atom is -0.379 e. The topological polar surface area (TPSA) is 52.6 Å². The Bertz CT molecular complexity index is 828. The summed E-state index contributed by atoms with van der Waals surface area (Å²) >= 11 is 0. The minimum atomic E-state index is -1.54. The Morgan fingerprint density at radius 3 is 2.81 bits per heavy atom. The molecule has 2 N–H and O–H groups in total. The van der Waals surface area contributed by atoms with E-state index in [-0.39, 0.29) is 24.6 Å². The lowest BCUT2D eigenvalue weighted by Crippen LogP contribution is -2.57. The van der Waals surface area contributed by atoms with E-state index in [2.05, 4.69) is 5.32 Å². The Morgan fingerprint density at radius 2 is 2.04 bits per heavy atom. The Labute approximate surface area is 157 Å². The van der Waals surface area contributed by atoms with Gasteiger partial charge in [0.05, 0.1) is 0 Å². The lowest BCUT2D eigenvalue weighted by molar-refractivity contribution is -0.157. The van der Waals surface area contributed by atoms with E-state index in [4.69, 9.17) is 0 Å². The number of aliphatic hydroxyl groups is 1. The van der Waals surface area contributed by atoms with Gasteiger partial charge in [0.1, 0.15) is 11.6 Å². The summed E-state index contributed by atoms with van der Waals surface area (Å²) in [5, 5.41) is 13.7. The molecule has 1 amide bonds. The van der Waals surface area contributed by atoms with Crippen molar-refractivity contribution in [3.05, 3.63) is 70.8 Å². The average molecular weight is 374 g/mol. The molecule has 0 aromatic heterocycles. The van der Waals surface area contributed by atoms with E-state index in [1.807, 2.05) is 31.2 Å². The number of hydrogen-bond acceptors (Lipinski definition) is 3. The van der Waals surface area contributed by atoms with Crippen molar-refractivity contribution in [1.82, 2.24) is 10.2 Å². The van der Waals surface area contributed by atoms with E-state index < -0.39 is 17.2 Å². The molecule has 3 rings (SSSR count). The van der Waals surface area contributed by atoms with Crippen LogP contribution in [0.25, 0.3) is 0 Å². The van der Waals surface area contributed by atoms with Crippen LogP contribution in [-0.4, -0.2) is 34.6 Å². The maximum absolute atomic E-state index is 13.7. The van der Waals surface area contributed by atoms with E-state index in [1.54, 1.807) is 4.90 Å². The molecule has 0 aliphatic carbocycles. The van der Waals surface area contributed by atoms with Crippen molar-refractivity contribution < 1.29 is 18.7 Å². The number of carbonyl (C=O) groups is 1. The fraction of sp³-hybridized carbons (Fsp3) is 0.381. The van der Waals surface area contributed by atoms with Crippen LogP contribution in [0.2, 0.25) is 0 Å². The third-order valence-electron chi connectivity index (χ3n) is 4.90. The van der Waals surface area contributed by atoms with Gasteiger partial charge < -0.3 is 15.3 Å². The first-order valence-corrected chi connectivity index (χ1v) is 9.09. The number of amides is 1. The van der Waals surface area contributed by atoms with Gasteiger partial charge in [-0.1, -0.05) is 29.8 Å². The number of rotatable bonds is 6. The Morgan fingerprint density at radius 1 is 1.22 bits per heavy atom. The number of halogens is 2. The van der Waals surface area contributed by atoms with Crippen molar-refractivity contribution in [2.45, 2.75) is 38.5 Å². The monoisotopic (exact) mass is 374 g/mol. The molecule has 0 saturated carbocycles. The summed E-state index contributed by atoms with van der Waals surface area (Å²) in [4.78, 5) is 14.5. The first kappa shape index (κ1) is 19.5. The van der Waals surface area contributed by atoms with Crippen LogP contribution in [0, 0.1) is 18.6 Å². The molecule has 1 fully saturated rings. The van der Waals surface area contributed by atoms with Crippen LogP contribution < -0.4 is 5.32 Å². The predicted molar refractivity (Wildman–Crippen MR) is 98.8 cm³/mol. The quantitative estimate of drug-likeness (QED) is 0.818. The van der Waals surface area contributed by atoms with Gasteiger partial charge in [0.15, 0.2) is 5.60 Å². The highest BCUT2D eigenvalue weighted by atomic mass is 19.1. The molecule has 0 spiro atoms. The molecule has 1 heterocycles. The van der Waals surface area contributed by atoms with Gasteiger partial charge in [0.25, 0.3) is 5.91 Å². The molecule has 1 aliphatic rings. The first-order valence-electron chi connectivity index (χ1n) is 9.09. The van der Waals surface area contributed by atoms with Crippen molar-refractivity contribution in [1.29, 1.82) is 0 Å². The molecule has 1 aliphatic heterocycles. The molecule has 1 saturated heterocycles. The van der Waals surface area contributed by atoms with Gasteiger partial charge in [-0.25, -0.2) is 8.78 Å². The van der Waals surface area contributed by atoms with Gasteiger partial charge in [-0.3, -0.25) is 4.79 Å². The van der Waals surface area contributed by atoms with Gasteiger partial charge in [-0.15, -0.1) is 0 Å². The zero-order chi connectivity index (χ0) is 19.4. The number of carbonyl (C=O) groups excluding carboxylic acids is 1. The van der Waals surface area contributed by atoms with E-state index in [9.17, 15) is 18.7 Å². The molecule has 0 radical (unpaired) electrons. The maximum Gasteiger partial charge on any atom is 0.256 e. The molecule has 6 heteroatoms. The number of nitrogens with zero attached hydrogens (tertiary/aromatic N) is 1. The largest absolute Gasteiger partial charge is 0.379 e. The highest BCUT2D eigenvalue weighted by Gasteiger charge is 2.41. The van der Waals surface area contributed by atoms with Crippen LogP contribution >= 0.6 is 0 Å². The fourth-order valence-corrected chi connectivity index (χ4v) is 3.49. The molecule has 4 nitrogen and oxygen atoms in total. The van der Waals surface area contributed by atoms with Gasteiger partial charge in [0, 0.05) is 31.7 Å². The van der Waals surface area contributed by atoms with E-state index in [0.29, 0.717) is 25.9 Å². The molecule has 0 unspecified atom stereocenters. The summed E-state index contributed by atoms with van der Waals surface area (Å²) in [7, 11) is 0. The minimum absolute atomic E-state index is 0.00783. The standard InChI is InChI=1S/C21H24F2N2O2/c1-15-4-2-5-16(10-15)13-25-9-3-8-21(27,20(25)26)14-24-12-17-11-18(22)6-7-19(17)23/h2,4-7,10-11,24,27H,3,8-9,12-14H2,1H3/t21-/m0/s1. The Hall–Kier alpha value is -2.31. The van der Waals surface area contributed by atoms with Crippen molar-refractivity contribution in [3.8, 4) is 0 Å². The van der Waals surface area contributed by atoms with Gasteiger partial charge in [-0.2, -0.15) is 0 Å². The highest BCUT2D eigenvalue weighted by molar-refractivity contribution is 5.86. The molecule has 2 aromatic rings. The number of aryl methyl sites for hydroxylation is 1. The van der Waals surface area contributed by atoms with Crippen LogP contribution in [0.5, 0.6) is 0 Å². The number of piperidine rings is 1. The summed E-state index contributed by atoms with van der Waals surface area (Å²) in [6, 6.07) is 11.1. The van der Waals surface area contributed by atoms with Crippen molar-refractivity contribution in [2.75, 3.05) is 13.1 Å². The summed E-state index contributed by atoms with van der Waals surface area (Å²) in [6.45, 7) is 3.06. The second kappa shape index (κ2) is 8.15. The van der Waals surface area contributed by atoms with E-state index >= 15 is 0 Å². The second-order valence-corrected chi connectivity index (χ2v) is 7.19. The van der Waals surface area contributed by atoms with Crippen LogP contribution in [0.4, 0.5) is 8.78 Å². The fourth-order valence-electron chi connectivity index (χ4n) is 3.49. The van der Waals surface area contributed by atoms with Crippen LogP contribution in [-0.2, 0) is 17.9 Å². The summed E-state index contributed by atoms with van der Waals surface area (Å²) < 4.78 is 26.9. The summed E-state index contributed by atoms with van der Waals surface area (Å²) in [5.74, 6) is -1.38. The third kappa shape index (κ3) is 4.70. The molecule has 27 heavy (non-hydrogen) atoms. The molecular formula is C21H24F2N2O2. The molecular weight excluding hydrogens is 350 g/mol. The number of nitrogens with one attached hydrogen (secondary N) is 1. The maximum atomic E-state index is 13.7. The van der Waals surface area contributed by atoms with Crippen molar-refractivity contribution >= 4 is 5.91 Å². The third-order valence-corrected chi connectivity index (χ3v) is 4.90. The molecule has 2 aromatic carbocycles. The summed E-state index contributed by atoms with van der Waals surface area (Å²) in [6.07, 6.45) is 1.03. The molecule has 0 bridgehead atoms. The predicted octanol–water partition coefficient (Wildman–Crippen LogP) is 2.92. The normalized spacial score (nSPS) is 20.1. The molecule has 1 atom stereocenters. The zero-order valence-electron chi connectivity index (χ0n) is 15.3. The van der Waals surface area contributed by atoms with Crippen LogP contribution in [0.3, 0.4) is 0 Å². The Balaban J connectivity index is 1.62. The first-order chi connectivity index (χ1) is 12.9. The lowest BCUT2D eigenvalue weighted by Gasteiger charge is -2.38. The number of benzene rings is 2. The van der Waals surface area contributed by atoms with Crippen molar-refractivity contribution in [3.63, 3.8) is 0 Å². The lowest BCUT2D eigenvalue weighted by atomic mass is 9.91. The van der Waals surface area contributed by atoms with E-state index in [1.165, 1.54) is 0 Å². The van der Waals surface area contributed by atoms with Crippen LogP contribution in [0.1, 0.15) is 29.5 Å². The van der Waals surface area contributed by atoms with Crippen LogP contribution in [0.15, 0.2) is 42.5 Å². The van der Waals surface area contributed by atoms with E-state index in [0.717, 1.165) is 29.3 Å². The van der Waals surface area contributed by atoms with Crippen molar-refractivity contribution in [2.24, 2.45) is 0 Å². The summed E-state index contributed by atoms with van der Waals surface area (Å²) in [5.41, 5.74) is 0.762. The molecule has 144 valence electrons. The Kier molecular flexibility index (Phi) is 5.87. The average Bonchev–Trinajstić information content (AvgIpc) is 2.62. The van der Waals surface area contributed by atoms with Gasteiger partial charge in [-0.05, 0) is 43.5 Å². The van der Waals surface area contributed by atoms with Gasteiger partial charge in [0.2, 0.25) is 0 Å². The SMILES string of the molecule is Cc1cccc(CN2CCC[C@](O)(CNCc3cc(F)ccc3F)C2=O)c1. The smallest absolute Gasteiger partial charge is 0.256 e.